The molecule has 2 nitrogen and oxygen atoms in total. The molecule has 1 fully saturated rings. The Hall–Kier alpha value is -1.15. The highest BCUT2D eigenvalue weighted by Gasteiger charge is 2.24. The van der Waals surface area contributed by atoms with E-state index in [1.54, 1.807) is 0 Å². The number of ketones is 1. The molecule has 0 N–H and O–H groups in total. The summed E-state index contributed by atoms with van der Waals surface area (Å²) in [7, 11) is 0. The summed E-state index contributed by atoms with van der Waals surface area (Å²) in [6, 6.07) is 8.80. The number of carbonyl (C=O) groups is 1. The lowest BCUT2D eigenvalue weighted by Crippen LogP contribution is -2.25. The molecular weight excluding hydrogens is 296 g/mol. The van der Waals surface area contributed by atoms with Gasteiger partial charge in [0.2, 0.25) is 0 Å². The highest BCUT2D eigenvalue weighted by atomic mass is 16.5. The Kier molecular flexibility index (Phi) is 8.52. The van der Waals surface area contributed by atoms with E-state index in [-0.39, 0.29) is 12.0 Å². The largest absolute Gasteiger partial charge is 0.378 e. The van der Waals surface area contributed by atoms with Crippen molar-refractivity contribution in [3.8, 4) is 0 Å². The lowest BCUT2D eigenvalue weighted by atomic mass is 9.86. The van der Waals surface area contributed by atoms with Crippen molar-refractivity contribution in [2.24, 2.45) is 0 Å². The van der Waals surface area contributed by atoms with Gasteiger partial charge in [0.05, 0.1) is 6.10 Å². The van der Waals surface area contributed by atoms with Crippen molar-refractivity contribution in [2.75, 3.05) is 6.61 Å². The SMILES string of the molecule is CCCCCc1ccc(C(CCC)C(=O)CC2CCCCO2)cc1. The second-order valence-corrected chi connectivity index (χ2v) is 7.20. The van der Waals surface area contributed by atoms with Crippen LogP contribution in [0.4, 0.5) is 0 Å². The fourth-order valence-electron chi connectivity index (χ4n) is 3.63. The van der Waals surface area contributed by atoms with Crippen LogP contribution in [0.15, 0.2) is 24.3 Å². The van der Waals surface area contributed by atoms with Crippen molar-refractivity contribution in [1.29, 1.82) is 0 Å². The van der Waals surface area contributed by atoms with Crippen molar-refractivity contribution >= 4 is 5.78 Å². The molecule has 2 rings (SSSR count). The average molecular weight is 331 g/mol. The quantitative estimate of drug-likeness (QED) is 0.504. The van der Waals surface area contributed by atoms with Crippen molar-refractivity contribution in [2.45, 2.75) is 90.1 Å². The van der Waals surface area contributed by atoms with Crippen LogP contribution in [0.3, 0.4) is 0 Å². The minimum absolute atomic E-state index is 0.0465. The summed E-state index contributed by atoms with van der Waals surface area (Å²) in [6.07, 6.45) is 11.1. The number of benzene rings is 1. The second-order valence-electron chi connectivity index (χ2n) is 7.20. The van der Waals surface area contributed by atoms with Gasteiger partial charge in [-0.15, -0.1) is 0 Å². The predicted molar refractivity (Wildman–Crippen MR) is 101 cm³/mol. The number of Topliss-reactive ketones (excluding diaryl/α,β-unsaturated/α-hetero) is 1. The van der Waals surface area contributed by atoms with E-state index in [0.717, 1.165) is 38.7 Å². The summed E-state index contributed by atoms with van der Waals surface area (Å²) in [5.74, 6) is 0.410. The monoisotopic (exact) mass is 330 g/mol. The first-order chi connectivity index (χ1) is 11.7. The zero-order chi connectivity index (χ0) is 17.2. The summed E-state index contributed by atoms with van der Waals surface area (Å²) < 4.78 is 5.77. The summed E-state index contributed by atoms with van der Waals surface area (Å²) in [4.78, 5) is 12.8. The molecule has 1 saturated heterocycles. The Bertz CT molecular complexity index is 471. The molecule has 1 heterocycles. The van der Waals surface area contributed by atoms with E-state index in [0.29, 0.717) is 12.2 Å². The van der Waals surface area contributed by atoms with Gasteiger partial charge in [-0.1, -0.05) is 57.4 Å². The number of hydrogen-bond acceptors (Lipinski definition) is 2. The molecule has 0 aromatic heterocycles. The van der Waals surface area contributed by atoms with Crippen LogP contribution in [0.2, 0.25) is 0 Å². The van der Waals surface area contributed by atoms with Crippen LogP contribution in [0.25, 0.3) is 0 Å². The smallest absolute Gasteiger partial charge is 0.142 e. The Morgan fingerprint density at radius 1 is 1.12 bits per heavy atom. The Morgan fingerprint density at radius 3 is 2.54 bits per heavy atom. The second kappa shape index (κ2) is 10.7. The maximum atomic E-state index is 12.8. The zero-order valence-electron chi connectivity index (χ0n) is 15.6. The average Bonchev–Trinajstić information content (AvgIpc) is 2.61. The van der Waals surface area contributed by atoms with Crippen molar-refractivity contribution in [3.63, 3.8) is 0 Å². The molecule has 1 aliphatic rings. The van der Waals surface area contributed by atoms with E-state index in [4.69, 9.17) is 4.74 Å². The van der Waals surface area contributed by atoms with Gasteiger partial charge in [0.15, 0.2) is 0 Å². The summed E-state index contributed by atoms with van der Waals surface area (Å²) in [6.45, 7) is 5.22. The first-order valence-corrected chi connectivity index (χ1v) is 9.97. The molecule has 1 aromatic rings. The molecule has 0 bridgehead atoms. The van der Waals surface area contributed by atoms with Crippen molar-refractivity contribution in [3.05, 3.63) is 35.4 Å². The lowest BCUT2D eigenvalue weighted by molar-refractivity contribution is -0.124. The summed E-state index contributed by atoms with van der Waals surface area (Å²) in [5.41, 5.74) is 2.59. The van der Waals surface area contributed by atoms with Gasteiger partial charge in [-0.05, 0) is 49.7 Å². The molecule has 1 aliphatic heterocycles. The van der Waals surface area contributed by atoms with Gasteiger partial charge in [-0.25, -0.2) is 0 Å². The first-order valence-electron chi connectivity index (χ1n) is 9.97. The molecule has 0 saturated carbocycles. The van der Waals surface area contributed by atoms with E-state index < -0.39 is 0 Å². The fourth-order valence-corrected chi connectivity index (χ4v) is 3.63. The zero-order valence-corrected chi connectivity index (χ0v) is 15.6. The van der Waals surface area contributed by atoms with Crippen LogP contribution in [0, 0.1) is 0 Å². The van der Waals surface area contributed by atoms with Crippen LogP contribution < -0.4 is 0 Å². The van der Waals surface area contributed by atoms with Crippen LogP contribution in [0.5, 0.6) is 0 Å². The molecule has 2 heteroatoms. The van der Waals surface area contributed by atoms with E-state index in [1.807, 2.05) is 0 Å². The van der Waals surface area contributed by atoms with Crippen molar-refractivity contribution in [1.82, 2.24) is 0 Å². The molecule has 2 atom stereocenters. The molecule has 24 heavy (non-hydrogen) atoms. The molecule has 0 radical (unpaired) electrons. The van der Waals surface area contributed by atoms with Crippen LogP contribution >= 0.6 is 0 Å². The standard InChI is InChI=1S/C22H34O2/c1-3-5-6-10-18-12-14-19(15-13-18)21(9-4-2)22(23)17-20-11-7-8-16-24-20/h12-15,20-21H,3-11,16-17H2,1-2H3. The maximum absolute atomic E-state index is 12.8. The number of aryl methyl sites for hydroxylation is 1. The minimum Gasteiger partial charge on any atom is -0.378 e. The summed E-state index contributed by atoms with van der Waals surface area (Å²) >= 11 is 0. The van der Waals surface area contributed by atoms with Gasteiger partial charge in [-0.2, -0.15) is 0 Å². The number of carbonyl (C=O) groups excluding carboxylic acids is 1. The molecular formula is C22H34O2. The molecule has 0 spiro atoms. The predicted octanol–water partition coefficient (Wildman–Crippen LogP) is 5.83. The molecule has 2 unspecified atom stereocenters. The van der Waals surface area contributed by atoms with E-state index in [1.165, 1.54) is 36.8 Å². The number of ether oxygens (including phenoxy) is 1. The molecule has 1 aromatic carbocycles. The van der Waals surface area contributed by atoms with Gasteiger partial charge < -0.3 is 4.74 Å². The third-order valence-corrected chi connectivity index (χ3v) is 5.12. The Labute approximate surface area is 148 Å². The minimum atomic E-state index is 0.0465. The normalized spacial score (nSPS) is 19.2. The molecule has 0 aliphatic carbocycles. The van der Waals surface area contributed by atoms with Crippen molar-refractivity contribution < 1.29 is 9.53 Å². The number of rotatable bonds is 10. The number of unbranched alkanes of at least 4 members (excludes halogenated alkanes) is 2. The van der Waals surface area contributed by atoms with Crippen LogP contribution in [0.1, 0.15) is 88.7 Å². The van der Waals surface area contributed by atoms with Gasteiger partial charge in [0, 0.05) is 18.9 Å². The van der Waals surface area contributed by atoms with Gasteiger partial charge in [0.1, 0.15) is 5.78 Å². The van der Waals surface area contributed by atoms with E-state index in [9.17, 15) is 4.79 Å². The Balaban J connectivity index is 1.96. The third kappa shape index (κ3) is 6.05. The lowest BCUT2D eigenvalue weighted by Gasteiger charge is -2.24. The van der Waals surface area contributed by atoms with E-state index in [2.05, 4.69) is 38.1 Å². The van der Waals surface area contributed by atoms with Crippen LogP contribution in [-0.4, -0.2) is 18.5 Å². The fraction of sp³-hybridized carbons (Fsp3) is 0.682. The highest BCUT2D eigenvalue weighted by molar-refractivity contribution is 5.86. The van der Waals surface area contributed by atoms with Gasteiger partial charge in [-0.3, -0.25) is 4.79 Å². The van der Waals surface area contributed by atoms with Crippen LogP contribution in [-0.2, 0) is 16.0 Å². The topological polar surface area (TPSA) is 26.3 Å². The molecule has 134 valence electrons. The Morgan fingerprint density at radius 2 is 1.92 bits per heavy atom. The van der Waals surface area contributed by atoms with Gasteiger partial charge >= 0.3 is 0 Å². The highest BCUT2D eigenvalue weighted by Crippen LogP contribution is 2.27. The molecule has 0 amide bonds. The first kappa shape index (κ1) is 19.2. The maximum Gasteiger partial charge on any atom is 0.142 e. The van der Waals surface area contributed by atoms with Gasteiger partial charge in [0.25, 0.3) is 0 Å². The summed E-state index contributed by atoms with van der Waals surface area (Å²) in [5, 5.41) is 0. The van der Waals surface area contributed by atoms with E-state index >= 15 is 0 Å². The number of hydrogen-bond donors (Lipinski definition) is 0. The third-order valence-electron chi connectivity index (χ3n) is 5.12.